The molecule has 1 fully saturated rings. The Labute approximate surface area is 186 Å². The van der Waals surface area contributed by atoms with Crippen molar-refractivity contribution in [2.24, 2.45) is 0 Å². The third-order valence-corrected chi connectivity index (χ3v) is 6.27. The number of amides is 2. The number of aliphatic carboxylic acids is 1. The standard InChI is InChI=1S/C24H26N2O6/c1-14(23(28)29)26(2)22(27)21-20(11-12-31-21)25-24(30)32-13-19-17-9-5-3-7-15(17)16-8-4-6-10-18(16)19/h3-10,14,19-21H,11-13H2,1-2H3,(H,25,30)(H,28,29)/t14-,20+,21-/m0/s1. The summed E-state index contributed by atoms with van der Waals surface area (Å²) in [4.78, 5) is 37.5. The third kappa shape index (κ3) is 4.05. The molecule has 1 aliphatic carbocycles. The predicted octanol–water partition coefficient (Wildman–Crippen LogP) is 2.61. The van der Waals surface area contributed by atoms with E-state index in [4.69, 9.17) is 14.6 Å². The fourth-order valence-electron chi connectivity index (χ4n) is 4.33. The molecule has 1 aliphatic heterocycles. The highest BCUT2D eigenvalue weighted by Gasteiger charge is 2.39. The largest absolute Gasteiger partial charge is 0.480 e. The molecule has 0 saturated carbocycles. The maximum absolute atomic E-state index is 12.7. The number of likely N-dealkylation sites (N-methyl/N-ethyl adjacent to an activating group) is 1. The number of carboxylic acid groups (broad SMARTS) is 1. The fourth-order valence-corrected chi connectivity index (χ4v) is 4.33. The lowest BCUT2D eigenvalue weighted by Gasteiger charge is -2.27. The first-order valence-corrected chi connectivity index (χ1v) is 10.6. The van der Waals surface area contributed by atoms with Crippen molar-refractivity contribution in [3.63, 3.8) is 0 Å². The molecule has 2 aromatic rings. The lowest BCUT2D eigenvalue weighted by molar-refractivity contribution is -0.152. The van der Waals surface area contributed by atoms with Crippen LogP contribution in [0.1, 0.15) is 30.4 Å². The smallest absolute Gasteiger partial charge is 0.407 e. The number of fused-ring (bicyclic) bond motifs is 3. The SMILES string of the molecule is C[C@@H](C(=O)O)N(C)C(=O)[C@H]1OCC[C@H]1NC(=O)OCC1c2ccccc2-c2ccccc21. The Morgan fingerprint density at radius 2 is 1.72 bits per heavy atom. The molecule has 1 saturated heterocycles. The van der Waals surface area contributed by atoms with Crippen molar-refractivity contribution in [2.45, 2.75) is 37.5 Å². The second-order valence-electron chi connectivity index (χ2n) is 8.12. The van der Waals surface area contributed by atoms with Gasteiger partial charge in [0.2, 0.25) is 0 Å². The van der Waals surface area contributed by atoms with Crippen LogP contribution in [0.2, 0.25) is 0 Å². The monoisotopic (exact) mass is 438 g/mol. The van der Waals surface area contributed by atoms with Gasteiger partial charge in [-0.15, -0.1) is 0 Å². The van der Waals surface area contributed by atoms with E-state index in [2.05, 4.69) is 17.4 Å². The minimum atomic E-state index is -1.11. The zero-order chi connectivity index (χ0) is 22.8. The molecule has 1 heterocycles. The number of carboxylic acids is 1. The van der Waals surface area contributed by atoms with Crippen molar-refractivity contribution in [2.75, 3.05) is 20.3 Å². The average Bonchev–Trinajstić information content (AvgIpc) is 3.38. The second kappa shape index (κ2) is 9.00. The van der Waals surface area contributed by atoms with Crippen LogP contribution in [0.15, 0.2) is 48.5 Å². The van der Waals surface area contributed by atoms with Crippen LogP contribution in [-0.2, 0) is 19.1 Å². The Balaban J connectivity index is 1.39. The molecule has 32 heavy (non-hydrogen) atoms. The van der Waals surface area contributed by atoms with Gasteiger partial charge in [0.05, 0.1) is 6.04 Å². The van der Waals surface area contributed by atoms with Gasteiger partial charge in [0, 0.05) is 19.6 Å². The number of rotatable bonds is 6. The van der Waals surface area contributed by atoms with Gasteiger partial charge < -0.3 is 24.8 Å². The van der Waals surface area contributed by atoms with E-state index in [-0.39, 0.29) is 12.5 Å². The van der Waals surface area contributed by atoms with Crippen molar-refractivity contribution in [3.05, 3.63) is 59.7 Å². The average molecular weight is 438 g/mol. The number of carbonyl (C=O) groups excluding carboxylic acids is 2. The minimum absolute atomic E-state index is 0.0621. The van der Waals surface area contributed by atoms with Crippen molar-refractivity contribution < 1.29 is 29.0 Å². The molecular weight excluding hydrogens is 412 g/mol. The number of ether oxygens (including phenoxy) is 2. The lowest BCUT2D eigenvalue weighted by atomic mass is 9.98. The first-order valence-electron chi connectivity index (χ1n) is 10.6. The van der Waals surface area contributed by atoms with Crippen LogP contribution in [0.3, 0.4) is 0 Å². The summed E-state index contributed by atoms with van der Waals surface area (Å²) >= 11 is 0. The summed E-state index contributed by atoms with van der Waals surface area (Å²) in [5.74, 6) is -1.66. The molecule has 4 rings (SSSR count). The Morgan fingerprint density at radius 3 is 2.31 bits per heavy atom. The van der Waals surface area contributed by atoms with Gasteiger partial charge in [-0.1, -0.05) is 48.5 Å². The highest BCUT2D eigenvalue weighted by Crippen LogP contribution is 2.44. The highest BCUT2D eigenvalue weighted by molar-refractivity contribution is 5.87. The van der Waals surface area contributed by atoms with E-state index in [1.165, 1.54) is 14.0 Å². The molecule has 0 bridgehead atoms. The number of nitrogens with one attached hydrogen (secondary N) is 1. The molecule has 2 aliphatic rings. The maximum atomic E-state index is 12.7. The Hall–Kier alpha value is -3.39. The van der Waals surface area contributed by atoms with Gasteiger partial charge >= 0.3 is 12.1 Å². The molecule has 0 aromatic heterocycles. The van der Waals surface area contributed by atoms with Gasteiger partial charge in [-0.3, -0.25) is 4.79 Å². The van der Waals surface area contributed by atoms with Crippen molar-refractivity contribution in [3.8, 4) is 11.1 Å². The molecule has 8 heteroatoms. The van der Waals surface area contributed by atoms with E-state index in [9.17, 15) is 14.4 Å². The van der Waals surface area contributed by atoms with E-state index in [1.54, 1.807) is 0 Å². The molecular formula is C24H26N2O6. The Morgan fingerprint density at radius 1 is 1.12 bits per heavy atom. The summed E-state index contributed by atoms with van der Waals surface area (Å²) < 4.78 is 11.0. The topological polar surface area (TPSA) is 105 Å². The highest BCUT2D eigenvalue weighted by atomic mass is 16.6. The Kier molecular flexibility index (Phi) is 6.14. The van der Waals surface area contributed by atoms with Gasteiger partial charge in [-0.25, -0.2) is 9.59 Å². The van der Waals surface area contributed by atoms with Gasteiger partial charge in [0.25, 0.3) is 5.91 Å². The summed E-state index contributed by atoms with van der Waals surface area (Å²) in [7, 11) is 1.41. The number of nitrogens with zero attached hydrogens (tertiary/aromatic N) is 1. The van der Waals surface area contributed by atoms with Crippen molar-refractivity contribution in [1.82, 2.24) is 10.2 Å². The molecule has 2 aromatic carbocycles. The quantitative estimate of drug-likeness (QED) is 0.718. The van der Waals surface area contributed by atoms with Gasteiger partial charge in [0.15, 0.2) is 6.10 Å². The van der Waals surface area contributed by atoms with E-state index in [1.807, 2.05) is 36.4 Å². The summed E-state index contributed by atoms with van der Waals surface area (Å²) in [5.41, 5.74) is 4.51. The van der Waals surface area contributed by atoms with Crippen LogP contribution in [-0.4, -0.2) is 66.4 Å². The molecule has 2 N–H and O–H groups in total. The zero-order valence-electron chi connectivity index (χ0n) is 18.0. The minimum Gasteiger partial charge on any atom is -0.480 e. The molecule has 3 atom stereocenters. The normalized spacial score (nSPS) is 20.2. The summed E-state index contributed by atoms with van der Waals surface area (Å²) in [6.45, 7) is 1.88. The molecule has 0 radical (unpaired) electrons. The molecule has 0 unspecified atom stereocenters. The summed E-state index contributed by atoms with van der Waals surface area (Å²) in [6, 6.07) is 14.6. The predicted molar refractivity (Wildman–Crippen MR) is 116 cm³/mol. The molecule has 2 amide bonds. The molecule has 168 valence electrons. The van der Waals surface area contributed by atoms with Crippen LogP contribution >= 0.6 is 0 Å². The molecule has 0 spiro atoms. The summed E-state index contributed by atoms with van der Waals surface area (Å²) in [6.07, 6.45) is -1.13. The number of benzene rings is 2. The van der Waals surface area contributed by atoms with Gasteiger partial charge in [-0.2, -0.15) is 0 Å². The van der Waals surface area contributed by atoms with Crippen LogP contribution in [0, 0.1) is 0 Å². The van der Waals surface area contributed by atoms with Crippen molar-refractivity contribution in [1.29, 1.82) is 0 Å². The lowest BCUT2D eigenvalue weighted by Crippen LogP contribution is -2.52. The Bertz CT molecular complexity index is 993. The van der Waals surface area contributed by atoms with Crippen LogP contribution in [0.5, 0.6) is 0 Å². The summed E-state index contributed by atoms with van der Waals surface area (Å²) in [5, 5.41) is 11.9. The zero-order valence-corrected chi connectivity index (χ0v) is 18.0. The molecule has 8 nitrogen and oxygen atoms in total. The third-order valence-electron chi connectivity index (χ3n) is 6.27. The van der Waals surface area contributed by atoms with Crippen LogP contribution < -0.4 is 5.32 Å². The maximum Gasteiger partial charge on any atom is 0.407 e. The first kappa shape index (κ1) is 21.8. The number of hydrogen-bond acceptors (Lipinski definition) is 5. The van der Waals surface area contributed by atoms with Crippen LogP contribution in [0.25, 0.3) is 11.1 Å². The van der Waals surface area contributed by atoms with E-state index < -0.39 is 36.2 Å². The van der Waals surface area contributed by atoms with E-state index >= 15 is 0 Å². The van der Waals surface area contributed by atoms with E-state index in [0.29, 0.717) is 13.0 Å². The van der Waals surface area contributed by atoms with Crippen molar-refractivity contribution >= 4 is 18.0 Å². The van der Waals surface area contributed by atoms with Crippen LogP contribution in [0.4, 0.5) is 4.79 Å². The van der Waals surface area contributed by atoms with Gasteiger partial charge in [-0.05, 0) is 35.6 Å². The van der Waals surface area contributed by atoms with E-state index in [0.717, 1.165) is 27.2 Å². The first-order chi connectivity index (χ1) is 15.4. The number of hydrogen-bond donors (Lipinski definition) is 2. The fraction of sp³-hybridized carbons (Fsp3) is 0.375. The number of carbonyl (C=O) groups is 3. The second-order valence-corrected chi connectivity index (χ2v) is 8.12. The number of alkyl carbamates (subject to hydrolysis) is 1. The van der Waals surface area contributed by atoms with Gasteiger partial charge in [0.1, 0.15) is 12.6 Å².